The van der Waals surface area contributed by atoms with Gasteiger partial charge in [0.15, 0.2) is 0 Å². The van der Waals surface area contributed by atoms with E-state index in [1.54, 1.807) is 18.2 Å². The second-order valence-electron chi connectivity index (χ2n) is 17.3. The average Bonchev–Trinajstić information content (AvgIpc) is 2.99. The van der Waals surface area contributed by atoms with Crippen LogP contribution in [0.25, 0.3) is 0 Å². The number of carbonyl (C=O) groups excluding carboxylic acids is 2. The number of benzene rings is 2. The maximum atomic E-state index is 14.6. The van der Waals surface area contributed by atoms with Gasteiger partial charge in [-0.15, -0.1) is 0 Å². The number of aryl methyl sites for hydroxylation is 3. The van der Waals surface area contributed by atoms with Crippen LogP contribution in [0, 0.1) is 24.7 Å². The lowest BCUT2D eigenvalue weighted by Crippen LogP contribution is -2.64. The third kappa shape index (κ3) is 8.70. The number of hydrogen-bond acceptors (Lipinski definition) is 8. The van der Waals surface area contributed by atoms with E-state index in [-0.39, 0.29) is 58.2 Å². The van der Waals surface area contributed by atoms with Gasteiger partial charge in [-0.25, -0.2) is 22.9 Å². The summed E-state index contributed by atoms with van der Waals surface area (Å²) in [5.74, 6) is -0.0555. The Hall–Kier alpha value is -4.19. The number of rotatable bonds is 6. The van der Waals surface area contributed by atoms with Crippen LogP contribution in [0.4, 0.5) is 10.7 Å². The van der Waals surface area contributed by atoms with Crippen molar-refractivity contribution in [3.05, 3.63) is 76.5 Å². The van der Waals surface area contributed by atoms with E-state index in [1.165, 1.54) is 28.8 Å². The standard InChI is InChI=1S/C40H53N5O6S/c1-25-11-9-12-26(2)33(25)16-15-28-18-34-43-36(41-28)44-52(48,49)32-14-10-13-27(17-32)35(46)45(31(24-50-34)21-38(3,4)5)30-22-40(23-30)19-29(20-40)42-37(47)51-39(6,7)8/h9-14,17-18,29-31H,15-16,19-24H2,1-8H3,(H,42,47)(H,41,43,44)/t29?,30?,31-,40?/m1/s1. The fourth-order valence-electron chi connectivity index (χ4n) is 8.13. The maximum absolute atomic E-state index is 14.6. The van der Waals surface area contributed by atoms with Crippen molar-refractivity contribution in [2.24, 2.45) is 10.8 Å². The number of carbonyl (C=O) groups is 2. The fourth-order valence-corrected chi connectivity index (χ4v) is 9.12. The normalized spacial score (nSPS) is 24.2. The molecule has 2 saturated carbocycles. The van der Waals surface area contributed by atoms with E-state index in [4.69, 9.17) is 9.47 Å². The first kappa shape index (κ1) is 37.6. The molecule has 0 radical (unpaired) electrons. The van der Waals surface area contributed by atoms with Crippen LogP contribution in [0.5, 0.6) is 5.88 Å². The monoisotopic (exact) mass is 731 g/mol. The van der Waals surface area contributed by atoms with Crippen molar-refractivity contribution >= 4 is 28.0 Å². The minimum atomic E-state index is -4.14. The van der Waals surface area contributed by atoms with Crippen LogP contribution in [0.15, 0.2) is 53.4 Å². The minimum Gasteiger partial charge on any atom is -0.475 e. The summed E-state index contributed by atoms with van der Waals surface area (Å²) in [4.78, 5) is 38.0. The summed E-state index contributed by atoms with van der Waals surface area (Å²) in [5, 5.41) is 3.00. The zero-order valence-electron chi connectivity index (χ0n) is 31.7. The van der Waals surface area contributed by atoms with Crippen LogP contribution < -0.4 is 14.8 Å². The quantitative estimate of drug-likeness (QED) is 0.273. The molecule has 11 nitrogen and oxygen atoms in total. The number of fused-ring (bicyclic) bond motifs is 4. The van der Waals surface area contributed by atoms with Gasteiger partial charge in [0, 0.05) is 23.7 Å². The molecule has 0 unspecified atom stereocenters. The van der Waals surface area contributed by atoms with Crippen LogP contribution in [-0.2, 0) is 27.6 Å². The maximum Gasteiger partial charge on any atom is 0.407 e. The third-order valence-corrected chi connectivity index (χ3v) is 11.7. The van der Waals surface area contributed by atoms with Crippen molar-refractivity contribution in [1.29, 1.82) is 0 Å². The highest BCUT2D eigenvalue weighted by Crippen LogP contribution is 2.58. The summed E-state index contributed by atoms with van der Waals surface area (Å²) in [6.45, 7) is 16.3. The van der Waals surface area contributed by atoms with Gasteiger partial charge < -0.3 is 19.7 Å². The van der Waals surface area contributed by atoms with Gasteiger partial charge in [-0.1, -0.05) is 45.0 Å². The Morgan fingerprint density at radius 3 is 2.31 bits per heavy atom. The fraction of sp³-hybridized carbons (Fsp3) is 0.550. The Morgan fingerprint density at radius 1 is 0.981 bits per heavy atom. The average molecular weight is 732 g/mol. The summed E-state index contributed by atoms with van der Waals surface area (Å²) in [7, 11) is -4.14. The molecule has 4 bridgehead atoms. The number of nitrogens with one attached hydrogen (secondary N) is 2. The first-order chi connectivity index (χ1) is 24.3. The number of anilines is 1. The van der Waals surface area contributed by atoms with E-state index >= 15 is 0 Å². The third-order valence-electron chi connectivity index (χ3n) is 10.4. The number of alkyl carbamates (subject to hydrolysis) is 1. The van der Waals surface area contributed by atoms with Crippen molar-refractivity contribution in [1.82, 2.24) is 20.2 Å². The molecule has 280 valence electrons. The summed E-state index contributed by atoms with van der Waals surface area (Å²) in [6, 6.07) is 13.8. The summed E-state index contributed by atoms with van der Waals surface area (Å²) >= 11 is 0. The molecule has 6 rings (SSSR count). The van der Waals surface area contributed by atoms with Crippen molar-refractivity contribution in [2.75, 3.05) is 11.3 Å². The van der Waals surface area contributed by atoms with Crippen LogP contribution >= 0.6 is 0 Å². The number of sulfonamides is 1. The van der Waals surface area contributed by atoms with E-state index in [0.29, 0.717) is 24.1 Å². The molecular weight excluding hydrogens is 679 g/mol. The van der Waals surface area contributed by atoms with E-state index < -0.39 is 21.7 Å². The van der Waals surface area contributed by atoms with Gasteiger partial charge in [0.25, 0.3) is 15.9 Å². The minimum absolute atomic E-state index is 0.0277. The first-order valence-corrected chi connectivity index (χ1v) is 19.8. The first-order valence-electron chi connectivity index (χ1n) is 18.3. The van der Waals surface area contributed by atoms with E-state index in [0.717, 1.165) is 32.1 Å². The van der Waals surface area contributed by atoms with Crippen LogP contribution in [0.2, 0.25) is 0 Å². The predicted molar refractivity (Wildman–Crippen MR) is 200 cm³/mol. The molecule has 3 aromatic rings. The van der Waals surface area contributed by atoms with E-state index in [1.807, 2.05) is 31.7 Å². The second-order valence-corrected chi connectivity index (χ2v) is 19.0. The molecule has 1 aliphatic heterocycles. The Kier molecular flexibility index (Phi) is 10.1. The predicted octanol–water partition coefficient (Wildman–Crippen LogP) is 7.15. The SMILES string of the molecule is Cc1cccc(C)c1CCc1cc2nc(n1)NS(=O)(=O)c1cccc(c1)C(=O)N(C1CC3(CC(NC(=O)OC(C)(C)C)C3)C1)[C@H](CC(C)(C)C)CO2. The second kappa shape index (κ2) is 14.0. The van der Waals surface area contributed by atoms with Gasteiger partial charge >= 0.3 is 6.09 Å². The molecule has 2 aliphatic carbocycles. The summed E-state index contributed by atoms with van der Waals surface area (Å²) in [6.07, 6.45) is 4.72. The summed E-state index contributed by atoms with van der Waals surface area (Å²) < 4.78 is 41.9. The molecule has 12 heteroatoms. The Balaban J connectivity index is 1.29. The van der Waals surface area contributed by atoms with Crippen LogP contribution in [0.1, 0.15) is 106 Å². The van der Waals surface area contributed by atoms with Crippen molar-refractivity contribution < 1.29 is 27.5 Å². The molecule has 2 aromatic carbocycles. The Bertz CT molecular complexity index is 1920. The molecule has 1 aromatic heterocycles. The number of amides is 2. The summed E-state index contributed by atoms with van der Waals surface area (Å²) in [5.41, 5.74) is 3.85. The molecule has 2 fully saturated rings. The van der Waals surface area contributed by atoms with Gasteiger partial charge in [-0.2, -0.15) is 4.98 Å². The molecule has 0 saturated heterocycles. The highest BCUT2D eigenvalue weighted by Gasteiger charge is 2.56. The smallest absolute Gasteiger partial charge is 0.407 e. The number of hydrogen-bond donors (Lipinski definition) is 2. The molecule has 2 heterocycles. The molecule has 2 amide bonds. The number of ether oxygens (including phenoxy) is 2. The molecule has 52 heavy (non-hydrogen) atoms. The lowest BCUT2D eigenvalue weighted by molar-refractivity contribution is -0.0801. The van der Waals surface area contributed by atoms with Gasteiger partial charge in [0.2, 0.25) is 11.8 Å². The van der Waals surface area contributed by atoms with Gasteiger partial charge in [-0.3, -0.25) is 4.79 Å². The van der Waals surface area contributed by atoms with Crippen molar-refractivity contribution in [2.45, 2.75) is 129 Å². The van der Waals surface area contributed by atoms with E-state index in [9.17, 15) is 18.0 Å². The van der Waals surface area contributed by atoms with Gasteiger partial charge in [0.05, 0.1) is 16.6 Å². The molecule has 1 spiro atoms. The van der Waals surface area contributed by atoms with Crippen molar-refractivity contribution in [3.8, 4) is 5.88 Å². The molecule has 3 aliphatic rings. The molecule has 2 N–H and O–H groups in total. The number of aromatic nitrogens is 2. The van der Waals surface area contributed by atoms with Crippen LogP contribution in [0.3, 0.4) is 0 Å². The van der Waals surface area contributed by atoms with Crippen molar-refractivity contribution in [3.63, 3.8) is 0 Å². The Morgan fingerprint density at radius 2 is 1.65 bits per heavy atom. The van der Waals surface area contributed by atoms with Crippen LogP contribution in [-0.4, -0.2) is 65.6 Å². The zero-order chi connectivity index (χ0) is 37.6. The number of nitrogens with zero attached hydrogens (tertiary/aromatic N) is 3. The largest absolute Gasteiger partial charge is 0.475 e. The highest BCUT2D eigenvalue weighted by atomic mass is 32.2. The molecule has 1 atom stereocenters. The Labute approximate surface area is 308 Å². The van der Waals surface area contributed by atoms with E-state index in [2.05, 4.69) is 66.8 Å². The zero-order valence-corrected chi connectivity index (χ0v) is 32.5. The lowest BCUT2D eigenvalue weighted by atomic mass is 9.51. The van der Waals surface area contributed by atoms with Gasteiger partial charge in [0.1, 0.15) is 12.2 Å². The van der Waals surface area contributed by atoms with Gasteiger partial charge in [-0.05, 0) is 125 Å². The molecular formula is C40H53N5O6S. The topological polar surface area (TPSA) is 140 Å². The lowest BCUT2D eigenvalue weighted by Gasteiger charge is -2.60. The highest BCUT2D eigenvalue weighted by molar-refractivity contribution is 7.92.